The summed E-state index contributed by atoms with van der Waals surface area (Å²) in [6, 6.07) is 0. The molecule has 0 aliphatic carbocycles. The van der Waals surface area contributed by atoms with Crippen LogP contribution in [0.15, 0.2) is 0 Å². The third-order valence-corrected chi connectivity index (χ3v) is 30.1. The van der Waals surface area contributed by atoms with Crippen LogP contribution in [-0.4, -0.2) is 68.7 Å². The molecule has 0 fully saturated rings. The first-order valence-electron chi connectivity index (χ1n) is 11.5. The highest BCUT2D eigenvalue weighted by Crippen LogP contribution is 2.28. The summed E-state index contributed by atoms with van der Waals surface area (Å²) in [5, 5.41) is 0. The molecule has 2 atom stereocenters. The summed E-state index contributed by atoms with van der Waals surface area (Å²) in [6.07, 6.45) is 0. The third-order valence-electron chi connectivity index (χ3n) is 3.35. The molecule has 0 aromatic heterocycles. The summed E-state index contributed by atoms with van der Waals surface area (Å²) >= 11 is 0. The van der Waals surface area contributed by atoms with E-state index in [1.165, 1.54) is 0 Å². The van der Waals surface area contributed by atoms with Crippen molar-refractivity contribution in [3.05, 3.63) is 0 Å². The fourth-order valence-electron chi connectivity index (χ4n) is 3.93. The Morgan fingerprint density at radius 2 is 0.719 bits per heavy atom. The third kappa shape index (κ3) is 17.0. The first kappa shape index (κ1) is 33.5. The maximum atomic E-state index is 6.69. The summed E-state index contributed by atoms with van der Waals surface area (Å²) in [7, 11) is -17.7. The van der Waals surface area contributed by atoms with Gasteiger partial charge in [0.25, 0.3) is 0 Å². The zero-order chi connectivity index (χ0) is 26.0. The van der Waals surface area contributed by atoms with Crippen molar-refractivity contribution in [1.82, 2.24) is 0 Å². The molecule has 0 spiro atoms. The van der Waals surface area contributed by atoms with Crippen LogP contribution < -0.4 is 0 Å². The Bertz CT molecular complexity index is 599. The Hall–Kier alpha value is 1.46. The number of hydrogen-bond acceptors (Lipinski definition) is 7. The number of hydrogen-bond donors (Lipinski definition) is 0. The summed E-state index contributed by atoms with van der Waals surface area (Å²) < 4.78 is 45.6. The minimum Gasteiger partial charge on any atom is -0.437 e. The van der Waals surface area contributed by atoms with E-state index in [9.17, 15) is 0 Å². The van der Waals surface area contributed by atoms with Crippen molar-refractivity contribution in [2.45, 2.75) is 111 Å². The van der Waals surface area contributed by atoms with Crippen LogP contribution in [0.25, 0.3) is 0 Å². The topological polar surface area (TPSA) is 64.6 Å². The van der Waals surface area contributed by atoms with Gasteiger partial charge in [-0.2, -0.15) is 0 Å². The molecule has 0 saturated heterocycles. The van der Waals surface area contributed by atoms with Crippen molar-refractivity contribution >= 4 is 68.7 Å². The van der Waals surface area contributed by atoms with E-state index in [-0.39, 0.29) is 0 Å². The molecule has 194 valence electrons. The molecular formula is C17H52O7Si8. The van der Waals surface area contributed by atoms with Gasteiger partial charge in [0.1, 0.15) is 0 Å². The predicted molar refractivity (Wildman–Crippen MR) is 155 cm³/mol. The van der Waals surface area contributed by atoms with Gasteiger partial charge in [0.2, 0.25) is 0 Å². The Morgan fingerprint density at radius 1 is 0.375 bits per heavy atom. The number of rotatable bonds is 14. The lowest BCUT2D eigenvalue weighted by atomic mass is 11.8. The Morgan fingerprint density at radius 3 is 1.09 bits per heavy atom. The highest BCUT2D eigenvalue weighted by atomic mass is 28.5. The first-order valence-corrected chi connectivity index (χ1v) is 34.5. The molecule has 0 aliphatic heterocycles. The molecule has 0 aliphatic rings. The molecule has 0 heterocycles. The van der Waals surface area contributed by atoms with E-state index in [2.05, 4.69) is 98.2 Å². The van der Waals surface area contributed by atoms with Crippen LogP contribution in [0.2, 0.25) is 111 Å². The molecule has 7 nitrogen and oxygen atoms in total. The van der Waals surface area contributed by atoms with Crippen molar-refractivity contribution < 1.29 is 28.8 Å². The van der Waals surface area contributed by atoms with Crippen molar-refractivity contribution in [2.75, 3.05) is 0 Å². The second kappa shape index (κ2) is 11.2. The summed E-state index contributed by atoms with van der Waals surface area (Å²) in [5.41, 5.74) is 0. The molecule has 0 saturated carbocycles. The monoisotopic (exact) mass is 592 g/mol. The Balaban J connectivity index is 5.57. The second-order valence-electron chi connectivity index (χ2n) is 12.7. The quantitative estimate of drug-likeness (QED) is 0.225. The zero-order valence-corrected chi connectivity index (χ0v) is 32.1. The van der Waals surface area contributed by atoms with Crippen LogP contribution in [0, 0.1) is 0 Å². The van der Waals surface area contributed by atoms with Gasteiger partial charge in [0.15, 0.2) is 25.0 Å². The van der Waals surface area contributed by atoms with Gasteiger partial charge in [-0.05, 0) is 105 Å². The lowest BCUT2D eigenvalue weighted by molar-refractivity contribution is 0.214. The van der Waals surface area contributed by atoms with Crippen molar-refractivity contribution in [3.63, 3.8) is 0 Å². The normalized spacial score (nSPS) is 17.9. The first-order chi connectivity index (χ1) is 13.6. The zero-order valence-electron chi connectivity index (χ0n) is 23.9. The van der Waals surface area contributed by atoms with Gasteiger partial charge in [0, 0.05) is 6.55 Å². The summed E-state index contributed by atoms with van der Waals surface area (Å²) in [5.74, 6) is 0. The van der Waals surface area contributed by atoms with Crippen LogP contribution in [0.3, 0.4) is 0 Å². The molecule has 0 N–H and O–H groups in total. The largest absolute Gasteiger partial charge is 0.469 e. The Kier molecular flexibility index (Phi) is 11.7. The van der Waals surface area contributed by atoms with Crippen molar-refractivity contribution in [3.8, 4) is 0 Å². The lowest BCUT2D eigenvalue weighted by Gasteiger charge is -2.43. The molecule has 32 heavy (non-hydrogen) atoms. The van der Waals surface area contributed by atoms with E-state index < -0.39 is 68.7 Å². The highest BCUT2D eigenvalue weighted by Gasteiger charge is 2.50. The van der Waals surface area contributed by atoms with Gasteiger partial charge >= 0.3 is 43.8 Å². The average molecular weight is 593 g/mol. The fourth-order valence-corrected chi connectivity index (χ4v) is 38.2. The van der Waals surface area contributed by atoms with E-state index in [0.717, 1.165) is 0 Å². The summed E-state index contributed by atoms with van der Waals surface area (Å²) in [6.45, 7) is 36.2. The van der Waals surface area contributed by atoms with Crippen molar-refractivity contribution in [1.29, 1.82) is 0 Å². The van der Waals surface area contributed by atoms with E-state index in [1.54, 1.807) is 0 Å². The van der Waals surface area contributed by atoms with Crippen LogP contribution in [0.1, 0.15) is 0 Å². The molecule has 2 unspecified atom stereocenters. The van der Waals surface area contributed by atoms with Gasteiger partial charge in [-0.15, -0.1) is 0 Å². The SMILES string of the molecule is C[SiH](O[Si](C)(C)O[Si](C)(C)C)O[Si](C)(O[Si](C)(C)C)O[Si](C)(C)O[Si](C)(C)O[Si](C)(C)C. The van der Waals surface area contributed by atoms with Crippen LogP contribution in [-0.2, 0) is 28.8 Å². The van der Waals surface area contributed by atoms with E-state index >= 15 is 0 Å². The second-order valence-corrected chi connectivity index (χ2v) is 42.6. The molecular weight excluding hydrogens is 541 g/mol. The highest BCUT2D eigenvalue weighted by molar-refractivity contribution is 6.90. The molecule has 0 rings (SSSR count). The Labute approximate surface area is 208 Å². The molecule has 0 aromatic rings. The van der Waals surface area contributed by atoms with Crippen LogP contribution in [0.5, 0.6) is 0 Å². The summed E-state index contributed by atoms with van der Waals surface area (Å²) in [4.78, 5) is 0. The molecule has 0 aromatic carbocycles. The lowest BCUT2D eigenvalue weighted by Crippen LogP contribution is -2.62. The fraction of sp³-hybridized carbons (Fsp3) is 1.00. The molecule has 0 radical (unpaired) electrons. The smallest absolute Gasteiger partial charge is 0.437 e. The van der Waals surface area contributed by atoms with E-state index in [0.29, 0.717) is 0 Å². The van der Waals surface area contributed by atoms with E-state index in [1.807, 2.05) is 13.1 Å². The van der Waals surface area contributed by atoms with Gasteiger partial charge in [-0.1, -0.05) is 0 Å². The van der Waals surface area contributed by atoms with Crippen molar-refractivity contribution in [2.24, 2.45) is 0 Å². The minimum absolute atomic E-state index is 1.70. The average Bonchev–Trinajstić information content (AvgIpc) is 2.22. The molecule has 0 bridgehead atoms. The minimum atomic E-state index is -3.01. The van der Waals surface area contributed by atoms with Gasteiger partial charge in [-0.25, -0.2) is 0 Å². The predicted octanol–water partition coefficient (Wildman–Crippen LogP) is 6.13. The molecule has 15 heteroatoms. The van der Waals surface area contributed by atoms with Crippen LogP contribution in [0.4, 0.5) is 0 Å². The maximum absolute atomic E-state index is 6.69. The standard InChI is InChI=1S/C17H52O7Si8/c1-25(18-29(11,12)20-26(2,3)4)19-32(17,22-28(8,9)10)24-31(15,16)23-30(13,14)21-27(5,6)7/h25H,1-17H3. The van der Waals surface area contributed by atoms with Gasteiger partial charge in [0.05, 0.1) is 0 Å². The van der Waals surface area contributed by atoms with E-state index in [4.69, 9.17) is 28.8 Å². The maximum Gasteiger partial charge on any atom is 0.469 e. The van der Waals surface area contributed by atoms with Crippen LogP contribution >= 0.6 is 0 Å². The molecule has 0 amide bonds. The van der Waals surface area contributed by atoms with Gasteiger partial charge < -0.3 is 28.8 Å². The van der Waals surface area contributed by atoms with Gasteiger partial charge in [-0.3, -0.25) is 0 Å².